The molecule has 0 amide bonds. The van der Waals surface area contributed by atoms with Gasteiger partial charge < -0.3 is 17.6 Å². The summed E-state index contributed by atoms with van der Waals surface area (Å²) in [6.07, 6.45) is 1.43. The van der Waals surface area contributed by atoms with Crippen molar-refractivity contribution in [1.29, 1.82) is 0 Å². The maximum absolute atomic E-state index is 10.5. The fourth-order valence-corrected chi connectivity index (χ4v) is 0.678. The molecule has 0 radical (unpaired) electrons. The average Bonchev–Trinajstić information content (AvgIpc) is 1.77. The Kier molecular flexibility index (Phi) is 3.58. The van der Waals surface area contributed by atoms with Crippen LogP contribution >= 0.6 is 15.9 Å². The van der Waals surface area contributed by atoms with E-state index in [9.17, 15) is 5.21 Å². The molecule has 0 aliphatic carbocycles. The molecule has 1 rings (SSSR count). The van der Waals surface area contributed by atoms with Crippen LogP contribution in [0.4, 0.5) is 0 Å². The van der Waals surface area contributed by atoms with E-state index in [1.54, 1.807) is 18.2 Å². The van der Waals surface area contributed by atoms with Gasteiger partial charge in [0.2, 0.25) is 0 Å². The molecule has 0 aliphatic heterocycles. The van der Waals surface area contributed by atoms with Crippen molar-refractivity contribution in [2.45, 2.75) is 0 Å². The van der Waals surface area contributed by atoms with E-state index in [1.165, 1.54) is 6.20 Å². The van der Waals surface area contributed by atoms with Gasteiger partial charge in [-0.2, -0.15) is 4.73 Å². The Balaban J connectivity index is 0.000000640. The molecule has 0 unspecified atom stereocenters. The number of pyridine rings is 1. The van der Waals surface area contributed by atoms with E-state index in [-0.39, 0.29) is 12.4 Å². The second-order valence-electron chi connectivity index (χ2n) is 1.35. The minimum atomic E-state index is 0. The predicted molar refractivity (Wildman–Crippen MR) is 33.1 cm³/mol. The standard InChI is InChI=1S/C5H4BrNO.ClH/c6-5-3-1-2-4-7(5)8;/h1-4H;1H/p-1. The Morgan fingerprint density at radius 3 is 2.44 bits per heavy atom. The largest absolute Gasteiger partial charge is 1.00 e. The normalized spacial score (nSPS) is 8.11. The second kappa shape index (κ2) is 3.69. The monoisotopic (exact) mass is 208 g/mol. The zero-order valence-electron chi connectivity index (χ0n) is 4.42. The van der Waals surface area contributed by atoms with E-state index in [4.69, 9.17) is 0 Å². The molecule has 0 fully saturated rings. The van der Waals surface area contributed by atoms with Gasteiger partial charge in [0.05, 0.1) is 0 Å². The highest BCUT2D eigenvalue weighted by Gasteiger charge is 1.92. The molecule has 0 bridgehead atoms. The molecule has 1 heterocycles. The lowest BCUT2D eigenvalue weighted by Gasteiger charge is -1.93. The van der Waals surface area contributed by atoms with Crippen LogP contribution in [0.3, 0.4) is 0 Å². The first-order valence-corrected chi connectivity index (χ1v) is 2.94. The smallest absolute Gasteiger partial charge is 0.259 e. The number of hydrogen-bond acceptors (Lipinski definition) is 1. The zero-order chi connectivity index (χ0) is 5.98. The van der Waals surface area contributed by atoms with Crippen molar-refractivity contribution >= 4 is 15.9 Å². The highest BCUT2D eigenvalue weighted by molar-refractivity contribution is 9.10. The second-order valence-corrected chi connectivity index (χ2v) is 2.16. The molecule has 0 aliphatic rings. The van der Waals surface area contributed by atoms with Gasteiger partial charge in [-0.25, -0.2) is 0 Å². The van der Waals surface area contributed by atoms with Crippen molar-refractivity contribution in [3.63, 3.8) is 0 Å². The Labute approximate surface area is 67.6 Å². The zero-order valence-corrected chi connectivity index (χ0v) is 6.76. The van der Waals surface area contributed by atoms with Gasteiger partial charge in [0, 0.05) is 28.1 Å². The molecule has 0 N–H and O–H groups in total. The maximum atomic E-state index is 10.5. The highest BCUT2D eigenvalue weighted by atomic mass is 79.9. The molecule has 0 spiro atoms. The van der Waals surface area contributed by atoms with Crippen molar-refractivity contribution in [2.75, 3.05) is 0 Å². The molecule has 2 nitrogen and oxygen atoms in total. The van der Waals surface area contributed by atoms with Crippen molar-refractivity contribution in [3.05, 3.63) is 34.2 Å². The van der Waals surface area contributed by atoms with E-state index in [1.807, 2.05) is 0 Å². The third-order valence-corrected chi connectivity index (χ3v) is 1.39. The summed E-state index contributed by atoms with van der Waals surface area (Å²) >= 11 is 3.05. The molecular formula is C5H4BrClNO-. The van der Waals surface area contributed by atoms with E-state index in [2.05, 4.69) is 15.9 Å². The summed E-state index contributed by atoms with van der Waals surface area (Å²) in [6.45, 7) is 0. The molecular weight excluding hydrogens is 205 g/mol. The lowest BCUT2D eigenvalue weighted by atomic mass is 10.5. The number of hydrogen-bond donors (Lipinski definition) is 0. The SMILES string of the molecule is [Cl-].[O-][n+]1ccccc1Br. The number of rotatable bonds is 0. The van der Waals surface area contributed by atoms with Crippen LogP contribution in [-0.4, -0.2) is 0 Å². The number of halogens is 2. The van der Waals surface area contributed by atoms with Crippen LogP contribution in [0.2, 0.25) is 0 Å². The predicted octanol–water partition coefficient (Wildman–Crippen LogP) is -1.91. The van der Waals surface area contributed by atoms with Crippen LogP contribution in [0.5, 0.6) is 0 Å². The molecule has 0 aromatic carbocycles. The Morgan fingerprint density at radius 1 is 1.44 bits per heavy atom. The van der Waals surface area contributed by atoms with Crippen LogP contribution < -0.4 is 17.1 Å². The lowest BCUT2D eigenvalue weighted by molar-refractivity contribution is -0.617. The Bertz CT molecular complexity index is 173. The summed E-state index contributed by atoms with van der Waals surface area (Å²) in [5, 5.41) is 10.5. The molecule has 50 valence electrons. The van der Waals surface area contributed by atoms with E-state index >= 15 is 0 Å². The summed E-state index contributed by atoms with van der Waals surface area (Å²) in [5.41, 5.74) is 0. The van der Waals surface area contributed by atoms with Gasteiger partial charge in [0.15, 0.2) is 6.20 Å². The fourth-order valence-electron chi connectivity index (χ4n) is 0.407. The fraction of sp³-hybridized carbons (Fsp3) is 0. The van der Waals surface area contributed by atoms with Gasteiger partial charge in [-0.15, -0.1) is 0 Å². The van der Waals surface area contributed by atoms with E-state index in [0.29, 0.717) is 4.60 Å². The summed E-state index contributed by atoms with van der Waals surface area (Å²) < 4.78 is 1.29. The summed E-state index contributed by atoms with van der Waals surface area (Å²) in [6, 6.07) is 5.16. The van der Waals surface area contributed by atoms with Crippen molar-refractivity contribution < 1.29 is 17.1 Å². The van der Waals surface area contributed by atoms with Gasteiger partial charge in [-0.1, -0.05) is 0 Å². The van der Waals surface area contributed by atoms with Crippen molar-refractivity contribution in [2.24, 2.45) is 0 Å². The first kappa shape index (κ1) is 8.72. The quantitative estimate of drug-likeness (QED) is 0.278. The highest BCUT2D eigenvalue weighted by Crippen LogP contribution is 1.98. The number of nitrogens with zero attached hydrogens (tertiary/aromatic N) is 1. The van der Waals surface area contributed by atoms with Crippen LogP contribution in [0.25, 0.3) is 0 Å². The molecule has 4 heteroatoms. The summed E-state index contributed by atoms with van der Waals surface area (Å²) in [4.78, 5) is 0. The third-order valence-electron chi connectivity index (χ3n) is 0.777. The topological polar surface area (TPSA) is 26.9 Å². The van der Waals surface area contributed by atoms with Gasteiger partial charge in [-0.3, -0.25) is 0 Å². The molecule has 1 aromatic rings. The summed E-state index contributed by atoms with van der Waals surface area (Å²) in [5.74, 6) is 0. The summed E-state index contributed by atoms with van der Waals surface area (Å²) in [7, 11) is 0. The van der Waals surface area contributed by atoms with Gasteiger partial charge in [0.1, 0.15) is 0 Å². The van der Waals surface area contributed by atoms with Crippen molar-refractivity contribution in [1.82, 2.24) is 0 Å². The minimum Gasteiger partial charge on any atom is -1.00 e. The van der Waals surface area contributed by atoms with Gasteiger partial charge >= 0.3 is 0 Å². The Hall–Kier alpha value is -0.280. The molecule has 1 aromatic heterocycles. The van der Waals surface area contributed by atoms with E-state index in [0.717, 1.165) is 4.73 Å². The molecule has 9 heavy (non-hydrogen) atoms. The van der Waals surface area contributed by atoms with Crippen LogP contribution in [0.15, 0.2) is 29.0 Å². The maximum Gasteiger partial charge on any atom is 0.259 e. The third kappa shape index (κ3) is 2.20. The van der Waals surface area contributed by atoms with Crippen molar-refractivity contribution in [3.8, 4) is 0 Å². The van der Waals surface area contributed by atoms with Crippen LogP contribution in [0, 0.1) is 5.21 Å². The van der Waals surface area contributed by atoms with Gasteiger partial charge in [0.25, 0.3) is 4.60 Å². The lowest BCUT2D eigenvalue weighted by Crippen LogP contribution is -3.00. The number of aromatic nitrogens is 1. The molecule has 0 atom stereocenters. The molecule has 0 saturated heterocycles. The molecule has 0 saturated carbocycles. The van der Waals surface area contributed by atoms with Crippen LogP contribution in [0.1, 0.15) is 0 Å². The average molecular weight is 209 g/mol. The minimum absolute atomic E-state index is 0. The first-order valence-electron chi connectivity index (χ1n) is 2.14. The Morgan fingerprint density at radius 2 is 2.11 bits per heavy atom. The van der Waals surface area contributed by atoms with Crippen LogP contribution in [-0.2, 0) is 0 Å². The van der Waals surface area contributed by atoms with E-state index < -0.39 is 0 Å². The van der Waals surface area contributed by atoms with Gasteiger partial charge in [-0.05, 0) is 6.07 Å². The first-order chi connectivity index (χ1) is 3.80.